The second-order valence-corrected chi connectivity index (χ2v) is 5.76. The second kappa shape index (κ2) is 5.20. The number of fused-ring (bicyclic) bond motifs is 1. The van der Waals surface area contributed by atoms with Crippen LogP contribution in [0, 0.1) is 33.5 Å². The lowest BCUT2D eigenvalue weighted by Crippen LogP contribution is -2.41. The SMILES string of the molecule is CCOc1ccc([C@@H]2[C@@]3(C#N)C(OC)(OC)N=C(N)[C@]23C#N)cc1. The summed E-state index contributed by atoms with van der Waals surface area (Å²) in [6.07, 6.45) is 0. The van der Waals surface area contributed by atoms with Gasteiger partial charge < -0.3 is 19.9 Å². The van der Waals surface area contributed by atoms with Gasteiger partial charge in [0.15, 0.2) is 5.41 Å². The average Bonchev–Trinajstić information content (AvgIpc) is 3.18. The third-order valence-electron chi connectivity index (χ3n) is 5.01. The number of nitrogens with two attached hydrogens (primary N) is 1. The van der Waals surface area contributed by atoms with Crippen LogP contribution >= 0.6 is 0 Å². The minimum absolute atomic E-state index is 0.0640. The number of rotatable bonds is 5. The Morgan fingerprint density at radius 2 is 1.79 bits per heavy atom. The number of benzene rings is 1. The van der Waals surface area contributed by atoms with Gasteiger partial charge in [0.1, 0.15) is 17.0 Å². The summed E-state index contributed by atoms with van der Waals surface area (Å²) in [5, 5.41) is 19.8. The standard InChI is InChI=1S/C17H18N4O3/c1-4-24-12-7-5-11(6-8-12)13-15(9-18)14(20)21-17(22-2,23-3)16(13,15)10-19/h5-8,13H,4H2,1-3H3,(H2,20,21)/t13-,15-,16+/m0/s1. The van der Waals surface area contributed by atoms with Crippen LogP contribution in [-0.2, 0) is 9.47 Å². The molecule has 0 saturated heterocycles. The van der Waals surface area contributed by atoms with E-state index in [0.717, 1.165) is 11.3 Å². The average molecular weight is 326 g/mol. The summed E-state index contributed by atoms with van der Waals surface area (Å²) in [6, 6.07) is 11.7. The Hall–Kier alpha value is -2.61. The highest BCUT2D eigenvalue weighted by molar-refractivity contribution is 6.00. The summed E-state index contributed by atoms with van der Waals surface area (Å²) in [6.45, 7) is 2.46. The Bertz CT molecular complexity index is 773. The molecule has 1 saturated carbocycles. The number of hydrogen-bond donors (Lipinski definition) is 1. The largest absolute Gasteiger partial charge is 0.494 e. The van der Waals surface area contributed by atoms with E-state index in [0.29, 0.717) is 6.61 Å². The van der Waals surface area contributed by atoms with Crippen molar-refractivity contribution in [1.82, 2.24) is 0 Å². The van der Waals surface area contributed by atoms with Crippen LogP contribution in [0.2, 0.25) is 0 Å². The summed E-state index contributed by atoms with van der Waals surface area (Å²) in [4.78, 5) is 4.18. The van der Waals surface area contributed by atoms with Crippen molar-refractivity contribution in [2.45, 2.75) is 18.8 Å². The van der Waals surface area contributed by atoms with Crippen LogP contribution in [0.1, 0.15) is 18.4 Å². The number of nitrogens with zero attached hydrogens (tertiary/aromatic N) is 3. The van der Waals surface area contributed by atoms with Gasteiger partial charge in [0.25, 0.3) is 5.91 Å². The molecule has 0 radical (unpaired) electrons. The summed E-state index contributed by atoms with van der Waals surface area (Å²) in [5.74, 6) is -1.30. The molecule has 2 aliphatic rings. The highest BCUT2D eigenvalue weighted by Gasteiger charge is 2.93. The van der Waals surface area contributed by atoms with E-state index in [1.807, 2.05) is 19.1 Å². The number of ether oxygens (including phenoxy) is 3. The van der Waals surface area contributed by atoms with E-state index >= 15 is 0 Å². The normalized spacial score (nSPS) is 32.2. The fourth-order valence-electron chi connectivity index (χ4n) is 3.94. The van der Waals surface area contributed by atoms with Gasteiger partial charge in [-0.1, -0.05) is 12.1 Å². The third kappa shape index (κ3) is 1.53. The zero-order chi connectivity index (χ0) is 17.6. The highest BCUT2D eigenvalue weighted by atomic mass is 16.7. The maximum Gasteiger partial charge on any atom is 0.292 e. The van der Waals surface area contributed by atoms with Gasteiger partial charge in [-0.15, -0.1) is 0 Å². The Morgan fingerprint density at radius 3 is 2.25 bits per heavy atom. The Labute approximate surface area is 140 Å². The first-order valence-corrected chi connectivity index (χ1v) is 7.55. The van der Waals surface area contributed by atoms with Gasteiger partial charge in [-0.05, 0) is 24.6 Å². The molecule has 0 unspecified atom stereocenters. The summed E-state index contributed by atoms with van der Waals surface area (Å²) >= 11 is 0. The molecule has 0 bridgehead atoms. The summed E-state index contributed by atoms with van der Waals surface area (Å²) in [5.41, 5.74) is 4.25. The maximum atomic E-state index is 9.93. The van der Waals surface area contributed by atoms with Crippen molar-refractivity contribution in [3.8, 4) is 17.9 Å². The number of nitriles is 2. The quantitative estimate of drug-likeness (QED) is 0.821. The van der Waals surface area contributed by atoms with Crippen molar-refractivity contribution in [1.29, 1.82) is 10.5 Å². The Balaban J connectivity index is 2.12. The predicted molar refractivity (Wildman–Crippen MR) is 84.8 cm³/mol. The van der Waals surface area contributed by atoms with Crippen molar-refractivity contribution in [2.75, 3.05) is 20.8 Å². The number of aliphatic imine (C=N–C) groups is 1. The first-order chi connectivity index (χ1) is 11.5. The van der Waals surface area contributed by atoms with E-state index in [9.17, 15) is 10.5 Å². The number of methoxy groups -OCH3 is 2. The van der Waals surface area contributed by atoms with E-state index in [2.05, 4.69) is 17.1 Å². The van der Waals surface area contributed by atoms with Crippen molar-refractivity contribution in [2.24, 2.45) is 21.6 Å². The van der Waals surface area contributed by atoms with Gasteiger partial charge in [0.2, 0.25) is 0 Å². The van der Waals surface area contributed by atoms with Crippen LogP contribution in [-0.4, -0.2) is 32.6 Å². The van der Waals surface area contributed by atoms with Crippen LogP contribution in [0.4, 0.5) is 0 Å². The maximum absolute atomic E-state index is 9.93. The Morgan fingerprint density at radius 1 is 1.17 bits per heavy atom. The zero-order valence-corrected chi connectivity index (χ0v) is 13.7. The summed E-state index contributed by atoms with van der Waals surface area (Å²) in [7, 11) is 2.78. The van der Waals surface area contributed by atoms with Gasteiger partial charge in [0.05, 0.1) is 18.7 Å². The van der Waals surface area contributed by atoms with Crippen LogP contribution in [0.25, 0.3) is 0 Å². The third-order valence-corrected chi connectivity index (χ3v) is 5.01. The minimum Gasteiger partial charge on any atom is -0.494 e. The van der Waals surface area contributed by atoms with Crippen molar-refractivity contribution in [3.63, 3.8) is 0 Å². The predicted octanol–water partition coefficient (Wildman–Crippen LogP) is 1.52. The minimum atomic E-state index is -1.59. The molecule has 1 aliphatic carbocycles. The molecule has 1 heterocycles. The van der Waals surface area contributed by atoms with Crippen LogP contribution < -0.4 is 10.5 Å². The lowest BCUT2D eigenvalue weighted by atomic mass is 9.93. The molecule has 124 valence electrons. The highest BCUT2D eigenvalue weighted by Crippen LogP contribution is 2.81. The molecule has 7 heteroatoms. The molecule has 1 fully saturated rings. The van der Waals surface area contributed by atoms with Gasteiger partial charge in [-0.25, -0.2) is 4.99 Å². The summed E-state index contributed by atoms with van der Waals surface area (Å²) < 4.78 is 16.3. The lowest BCUT2D eigenvalue weighted by molar-refractivity contribution is -0.230. The molecule has 0 spiro atoms. The van der Waals surface area contributed by atoms with Crippen molar-refractivity contribution < 1.29 is 14.2 Å². The molecule has 7 nitrogen and oxygen atoms in total. The van der Waals surface area contributed by atoms with Crippen LogP contribution in [0.3, 0.4) is 0 Å². The van der Waals surface area contributed by atoms with E-state index in [1.165, 1.54) is 14.2 Å². The van der Waals surface area contributed by atoms with E-state index in [4.69, 9.17) is 19.9 Å². The number of amidine groups is 1. The van der Waals surface area contributed by atoms with Gasteiger partial charge in [0, 0.05) is 20.1 Å². The van der Waals surface area contributed by atoms with Crippen molar-refractivity contribution >= 4 is 5.84 Å². The molecule has 1 aliphatic heterocycles. The van der Waals surface area contributed by atoms with E-state index in [-0.39, 0.29) is 5.84 Å². The molecule has 1 aromatic carbocycles. The Kier molecular flexibility index (Phi) is 3.52. The first kappa shape index (κ1) is 16.3. The first-order valence-electron chi connectivity index (χ1n) is 7.55. The van der Waals surface area contributed by atoms with Gasteiger partial charge in [-0.3, -0.25) is 0 Å². The van der Waals surface area contributed by atoms with E-state index < -0.39 is 22.7 Å². The monoisotopic (exact) mass is 326 g/mol. The van der Waals surface area contributed by atoms with E-state index in [1.54, 1.807) is 12.1 Å². The van der Waals surface area contributed by atoms with Gasteiger partial charge >= 0.3 is 0 Å². The van der Waals surface area contributed by atoms with Crippen molar-refractivity contribution in [3.05, 3.63) is 29.8 Å². The molecular weight excluding hydrogens is 308 g/mol. The molecule has 1 aromatic rings. The fourth-order valence-corrected chi connectivity index (χ4v) is 3.94. The zero-order valence-electron chi connectivity index (χ0n) is 13.7. The van der Waals surface area contributed by atoms with Gasteiger partial charge in [-0.2, -0.15) is 10.5 Å². The van der Waals surface area contributed by atoms with Crippen LogP contribution in [0.5, 0.6) is 5.75 Å². The molecule has 0 amide bonds. The lowest BCUT2D eigenvalue weighted by Gasteiger charge is -2.29. The molecule has 3 rings (SSSR count). The molecule has 2 N–H and O–H groups in total. The molecular formula is C17H18N4O3. The smallest absolute Gasteiger partial charge is 0.292 e. The molecule has 24 heavy (non-hydrogen) atoms. The topological polar surface area (TPSA) is 114 Å². The molecule has 3 atom stereocenters. The van der Waals surface area contributed by atoms with Crippen LogP contribution in [0.15, 0.2) is 29.3 Å². The second-order valence-electron chi connectivity index (χ2n) is 5.76. The number of hydrogen-bond acceptors (Lipinski definition) is 7. The fraction of sp³-hybridized carbons (Fsp3) is 0.471. The molecule has 0 aromatic heterocycles.